The fourth-order valence-corrected chi connectivity index (χ4v) is 2.44. The van der Waals surface area contributed by atoms with Crippen LogP contribution in [0, 0.1) is 5.41 Å². The standard InChI is InChI=1S/C17H24N2O3/c1-17(2,3)11-15(20)18-10-9-14-16(21)19(4)12-7-5-6-8-13(12)22-14/h5-8,14H,9-11H2,1-4H3,(H,18,20). The van der Waals surface area contributed by atoms with Crippen LogP contribution in [0.4, 0.5) is 5.69 Å². The first-order valence-corrected chi connectivity index (χ1v) is 7.58. The number of rotatable bonds is 4. The van der Waals surface area contributed by atoms with Gasteiger partial charge in [0, 0.05) is 26.4 Å². The third-order valence-corrected chi connectivity index (χ3v) is 3.52. The van der Waals surface area contributed by atoms with Crippen LogP contribution in [0.3, 0.4) is 0 Å². The van der Waals surface area contributed by atoms with Gasteiger partial charge in [-0.05, 0) is 17.5 Å². The van der Waals surface area contributed by atoms with E-state index in [2.05, 4.69) is 5.32 Å². The molecule has 1 aliphatic rings. The Morgan fingerprint density at radius 1 is 1.32 bits per heavy atom. The van der Waals surface area contributed by atoms with Crippen molar-refractivity contribution in [1.82, 2.24) is 5.32 Å². The van der Waals surface area contributed by atoms with Gasteiger partial charge in [0.1, 0.15) is 5.75 Å². The van der Waals surface area contributed by atoms with Gasteiger partial charge < -0.3 is 15.0 Å². The third kappa shape index (κ3) is 4.00. The molecule has 1 heterocycles. The maximum absolute atomic E-state index is 12.3. The highest BCUT2D eigenvalue weighted by Gasteiger charge is 2.31. The van der Waals surface area contributed by atoms with Crippen molar-refractivity contribution in [3.63, 3.8) is 0 Å². The van der Waals surface area contributed by atoms with E-state index in [0.29, 0.717) is 25.1 Å². The van der Waals surface area contributed by atoms with Crippen molar-refractivity contribution in [3.8, 4) is 5.75 Å². The van der Waals surface area contributed by atoms with Gasteiger partial charge in [0.25, 0.3) is 5.91 Å². The van der Waals surface area contributed by atoms with Crippen molar-refractivity contribution in [2.24, 2.45) is 5.41 Å². The summed E-state index contributed by atoms with van der Waals surface area (Å²) in [5.41, 5.74) is 0.737. The highest BCUT2D eigenvalue weighted by atomic mass is 16.5. The van der Waals surface area contributed by atoms with Crippen molar-refractivity contribution >= 4 is 17.5 Å². The van der Waals surface area contributed by atoms with Crippen molar-refractivity contribution in [2.45, 2.75) is 39.7 Å². The van der Waals surface area contributed by atoms with Crippen LogP contribution in [0.15, 0.2) is 24.3 Å². The van der Waals surface area contributed by atoms with E-state index >= 15 is 0 Å². The molecule has 1 unspecified atom stereocenters. The van der Waals surface area contributed by atoms with E-state index in [-0.39, 0.29) is 17.2 Å². The number of benzene rings is 1. The summed E-state index contributed by atoms with van der Waals surface area (Å²) in [6.45, 7) is 6.49. The lowest BCUT2D eigenvalue weighted by molar-refractivity contribution is -0.127. The molecular weight excluding hydrogens is 280 g/mol. The van der Waals surface area contributed by atoms with E-state index in [1.54, 1.807) is 11.9 Å². The zero-order valence-electron chi connectivity index (χ0n) is 13.7. The summed E-state index contributed by atoms with van der Waals surface area (Å²) in [4.78, 5) is 25.7. The van der Waals surface area contributed by atoms with Gasteiger partial charge in [0.05, 0.1) is 5.69 Å². The summed E-state index contributed by atoms with van der Waals surface area (Å²) >= 11 is 0. The molecule has 0 spiro atoms. The van der Waals surface area contributed by atoms with Crippen LogP contribution in [0.1, 0.15) is 33.6 Å². The maximum Gasteiger partial charge on any atom is 0.267 e. The van der Waals surface area contributed by atoms with Gasteiger partial charge in [-0.3, -0.25) is 9.59 Å². The smallest absolute Gasteiger partial charge is 0.267 e. The Morgan fingerprint density at radius 2 is 2.00 bits per heavy atom. The number of nitrogens with zero attached hydrogens (tertiary/aromatic N) is 1. The molecule has 2 rings (SSSR count). The number of hydrogen-bond acceptors (Lipinski definition) is 3. The lowest BCUT2D eigenvalue weighted by atomic mass is 9.92. The molecule has 0 aromatic heterocycles. The number of ether oxygens (including phenoxy) is 1. The Kier molecular flexibility index (Phi) is 4.74. The van der Waals surface area contributed by atoms with E-state index in [1.165, 1.54) is 0 Å². The first-order valence-electron chi connectivity index (χ1n) is 7.58. The molecule has 5 nitrogen and oxygen atoms in total. The van der Waals surface area contributed by atoms with Crippen molar-refractivity contribution in [2.75, 3.05) is 18.5 Å². The second kappa shape index (κ2) is 6.38. The monoisotopic (exact) mass is 304 g/mol. The minimum atomic E-state index is -0.546. The number of carbonyl (C=O) groups is 2. The molecule has 5 heteroatoms. The maximum atomic E-state index is 12.3. The van der Waals surface area contributed by atoms with Crippen LogP contribution >= 0.6 is 0 Å². The number of para-hydroxylation sites is 2. The van der Waals surface area contributed by atoms with Crippen LogP contribution in [0.25, 0.3) is 0 Å². The summed E-state index contributed by atoms with van der Waals surface area (Å²) in [5.74, 6) is 0.629. The quantitative estimate of drug-likeness (QED) is 0.929. The van der Waals surface area contributed by atoms with Gasteiger partial charge >= 0.3 is 0 Å². The summed E-state index contributed by atoms with van der Waals surface area (Å²) in [5, 5.41) is 2.86. The Labute approximate surface area is 131 Å². The number of carbonyl (C=O) groups excluding carboxylic acids is 2. The van der Waals surface area contributed by atoms with Crippen molar-refractivity contribution in [3.05, 3.63) is 24.3 Å². The molecule has 0 aliphatic carbocycles. The highest BCUT2D eigenvalue weighted by molar-refractivity contribution is 5.99. The first kappa shape index (κ1) is 16.3. The van der Waals surface area contributed by atoms with Crippen LogP contribution < -0.4 is 15.0 Å². The molecule has 1 aromatic carbocycles. The van der Waals surface area contributed by atoms with Gasteiger partial charge in [-0.1, -0.05) is 32.9 Å². The van der Waals surface area contributed by atoms with E-state index in [9.17, 15) is 9.59 Å². The Morgan fingerprint density at radius 3 is 2.68 bits per heavy atom. The van der Waals surface area contributed by atoms with Crippen molar-refractivity contribution < 1.29 is 14.3 Å². The lowest BCUT2D eigenvalue weighted by Gasteiger charge is -2.32. The average molecular weight is 304 g/mol. The molecule has 1 aromatic rings. The van der Waals surface area contributed by atoms with E-state index in [1.807, 2.05) is 45.0 Å². The van der Waals surface area contributed by atoms with E-state index in [0.717, 1.165) is 5.69 Å². The van der Waals surface area contributed by atoms with Gasteiger partial charge in [0.2, 0.25) is 5.91 Å². The Bertz CT molecular complexity index is 563. The molecule has 0 bridgehead atoms. The molecule has 1 aliphatic heterocycles. The largest absolute Gasteiger partial charge is 0.478 e. The molecule has 1 N–H and O–H groups in total. The van der Waals surface area contributed by atoms with Crippen LogP contribution in [0.5, 0.6) is 5.75 Å². The van der Waals surface area contributed by atoms with E-state index < -0.39 is 6.10 Å². The molecule has 120 valence electrons. The predicted molar refractivity (Wildman–Crippen MR) is 86.0 cm³/mol. The summed E-state index contributed by atoms with van der Waals surface area (Å²) in [7, 11) is 1.74. The highest BCUT2D eigenvalue weighted by Crippen LogP contribution is 2.33. The number of anilines is 1. The third-order valence-electron chi connectivity index (χ3n) is 3.52. The normalized spacial score (nSPS) is 17.7. The van der Waals surface area contributed by atoms with Gasteiger partial charge in [-0.25, -0.2) is 0 Å². The lowest BCUT2D eigenvalue weighted by Crippen LogP contribution is -2.45. The Hall–Kier alpha value is -2.04. The van der Waals surface area contributed by atoms with E-state index in [4.69, 9.17) is 4.74 Å². The molecule has 22 heavy (non-hydrogen) atoms. The SMILES string of the molecule is CN1C(=O)C(CCNC(=O)CC(C)(C)C)Oc2ccccc21. The molecule has 0 fully saturated rings. The molecule has 0 saturated heterocycles. The summed E-state index contributed by atoms with van der Waals surface area (Å²) < 4.78 is 5.75. The fraction of sp³-hybridized carbons (Fsp3) is 0.529. The topological polar surface area (TPSA) is 58.6 Å². The minimum absolute atomic E-state index is 0.00418. The molecule has 2 amide bonds. The van der Waals surface area contributed by atoms with Crippen LogP contribution in [-0.2, 0) is 9.59 Å². The fourth-order valence-electron chi connectivity index (χ4n) is 2.44. The zero-order chi connectivity index (χ0) is 16.3. The number of fused-ring (bicyclic) bond motifs is 1. The van der Waals surface area contributed by atoms with Gasteiger partial charge in [-0.2, -0.15) is 0 Å². The molecular formula is C17H24N2O3. The first-order chi connectivity index (χ1) is 10.3. The summed E-state index contributed by atoms with van der Waals surface area (Å²) in [6, 6.07) is 7.46. The number of nitrogens with one attached hydrogen (secondary N) is 1. The second-order valence-electron chi connectivity index (χ2n) is 6.85. The van der Waals surface area contributed by atoms with Gasteiger partial charge in [0.15, 0.2) is 6.10 Å². The molecule has 0 radical (unpaired) electrons. The average Bonchev–Trinajstić information content (AvgIpc) is 2.42. The zero-order valence-corrected chi connectivity index (χ0v) is 13.7. The number of amides is 2. The molecule has 0 saturated carbocycles. The van der Waals surface area contributed by atoms with Crippen LogP contribution in [-0.4, -0.2) is 31.5 Å². The molecule has 1 atom stereocenters. The Balaban J connectivity index is 1.89. The van der Waals surface area contributed by atoms with Crippen molar-refractivity contribution in [1.29, 1.82) is 0 Å². The minimum Gasteiger partial charge on any atom is -0.478 e. The van der Waals surface area contributed by atoms with Gasteiger partial charge in [-0.15, -0.1) is 0 Å². The van der Waals surface area contributed by atoms with Crippen LogP contribution in [0.2, 0.25) is 0 Å². The summed E-state index contributed by atoms with van der Waals surface area (Å²) in [6.07, 6.45) is 0.387. The predicted octanol–water partition coefficient (Wildman–Crippen LogP) is 2.35. The number of likely N-dealkylation sites (N-methyl/N-ethyl adjacent to an activating group) is 1. The number of hydrogen-bond donors (Lipinski definition) is 1. The second-order valence-corrected chi connectivity index (χ2v) is 6.85.